The van der Waals surface area contributed by atoms with Crippen LogP contribution < -0.4 is 0 Å². The van der Waals surface area contributed by atoms with E-state index < -0.39 is 0 Å². The Balaban J connectivity index is 1.24. The third kappa shape index (κ3) is 30.0. The predicted octanol–water partition coefficient (Wildman–Crippen LogP) is 18.7. The van der Waals surface area contributed by atoms with Crippen LogP contribution in [0.15, 0.2) is 144 Å². The molecular formula is C80H112O12. The van der Waals surface area contributed by atoms with E-state index in [4.69, 9.17) is 18.9 Å². The summed E-state index contributed by atoms with van der Waals surface area (Å²) >= 11 is 0. The van der Waals surface area contributed by atoms with Crippen LogP contribution in [0.2, 0.25) is 0 Å². The van der Waals surface area contributed by atoms with Gasteiger partial charge in [-0.15, -0.1) is 0 Å². The van der Waals surface area contributed by atoms with Crippen molar-refractivity contribution in [2.45, 2.75) is 283 Å². The topological polar surface area (TPSA) is 173 Å². The quantitative estimate of drug-likeness (QED) is 0.0620. The molecule has 5 rings (SSSR count). The number of esters is 4. The van der Waals surface area contributed by atoms with Crippen molar-refractivity contribution in [1.29, 1.82) is 0 Å². The third-order valence-electron chi connectivity index (χ3n) is 18.0. The van der Waals surface area contributed by atoms with E-state index in [1.165, 1.54) is 0 Å². The minimum atomic E-state index is -0.325. The highest BCUT2D eigenvalue weighted by Gasteiger charge is 2.28. The molecule has 1 heterocycles. The van der Waals surface area contributed by atoms with Crippen molar-refractivity contribution < 1.29 is 57.3 Å². The van der Waals surface area contributed by atoms with Crippen LogP contribution in [0, 0.1) is 23.7 Å². The van der Waals surface area contributed by atoms with E-state index >= 15 is 0 Å². The van der Waals surface area contributed by atoms with Crippen molar-refractivity contribution in [3.63, 3.8) is 0 Å². The first-order chi connectivity index (χ1) is 44.8. The number of carbonyl (C=O) groups excluding carboxylic acids is 8. The second-order valence-electron chi connectivity index (χ2n) is 25.7. The molecule has 0 saturated carbocycles. The highest BCUT2D eigenvalue weighted by atomic mass is 16.6. The van der Waals surface area contributed by atoms with Crippen LogP contribution in [0.3, 0.4) is 0 Å². The first-order valence-electron chi connectivity index (χ1n) is 35.9. The van der Waals surface area contributed by atoms with E-state index in [9.17, 15) is 38.4 Å². The lowest BCUT2D eigenvalue weighted by molar-refractivity contribution is -0.150. The zero-order valence-corrected chi connectivity index (χ0v) is 56.5. The molecule has 8 atom stereocenters. The van der Waals surface area contributed by atoms with Crippen molar-refractivity contribution in [3.8, 4) is 0 Å². The molecule has 0 fully saturated rings. The molecule has 0 radical (unpaired) electrons. The number of ether oxygens (including phenoxy) is 4. The van der Waals surface area contributed by atoms with Crippen LogP contribution in [0.25, 0.3) is 0 Å². The molecule has 0 N–H and O–H groups in total. The van der Waals surface area contributed by atoms with Crippen LogP contribution in [-0.4, -0.2) is 71.4 Å². The molecule has 12 nitrogen and oxygen atoms in total. The van der Waals surface area contributed by atoms with E-state index in [2.05, 4.69) is 76.3 Å². The molecule has 504 valence electrons. The van der Waals surface area contributed by atoms with Crippen LogP contribution >= 0.6 is 0 Å². The van der Waals surface area contributed by atoms with Gasteiger partial charge in [0, 0.05) is 97.3 Å². The fourth-order valence-electron chi connectivity index (χ4n) is 12.5. The molecule has 4 aliphatic carbocycles. The number of hydrogen-bond donors (Lipinski definition) is 0. The molecular weight excluding hydrogens is 1150 g/mol. The molecule has 0 aromatic carbocycles. The third-order valence-corrected chi connectivity index (χ3v) is 18.0. The van der Waals surface area contributed by atoms with Crippen LogP contribution in [0.4, 0.5) is 0 Å². The number of hydrogen-bond acceptors (Lipinski definition) is 12. The minimum Gasteiger partial charge on any atom is -0.462 e. The summed E-state index contributed by atoms with van der Waals surface area (Å²) in [5.74, 6) is -1.36. The molecule has 0 aromatic heterocycles. The van der Waals surface area contributed by atoms with Crippen molar-refractivity contribution in [3.05, 3.63) is 144 Å². The van der Waals surface area contributed by atoms with Crippen molar-refractivity contribution in [2.24, 2.45) is 23.7 Å². The van der Waals surface area contributed by atoms with Crippen molar-refractivity contribution in [2.75, 3.05) is 0 Å². The van der Waals surface area contributed by atoms with Gasteiger partial charge in [0.2, 0.25) is 0 Å². The van der Waals surface area contributed by atoms with Gasteiger partial charge in [-0.1, -0.05) is 176 Å². The standard InChI is InChI=1S/C80H112O12/c1-5-9-21-37-65-49-53-69-61(45-57-73(69)81)33-25-14-18-30-42-78(86)90-67(39-23-11-7-3)51-55-71-63(47-59-75(71)83)35-27-16-20-32-44-80(88)92-68(40-24-12-8-4)52-56-72-64(48-60-76(72)84)36-28-15-19-31-43-79(87)91-66(38-22-10-6-2)50-54-70-62(46-58-74(70)82)34-26-13-17-29-41-77(85)89-65/h13-16,25-28,45-48,53-68H,5-12,17-24,29-44,49-52H2,1-4H3/b25-14-,26-13-,27-16-,28-15-,69-53+,70-54+,71-55+,72-56+/t61-,62-,63-,64?,65-,66-,67-,68-/m0/s1. The van der Waals surface area contributed by atoms with Crippen LogP contribution in [-0.2, 0) is 57.3 Å². The lowest BCUT2D eigenvalue weighted by Gasteiger charge is -2.18. The van der Waals surface area contributed by atoms with Gasteiger partial charge in [-0.2, -0.15) is 0 Å². The molecule has 92 heavy (non-hydrogen) atoms. The number of allylic oxidation sites excluding steroid dienone is 20. The molecule has 0 bridgehead atoms. The smallest absolute Gasteiger partial charge is 0.306 e. The van der Waals surface area contributed by atoms with E-state index in [0.717, 1.165) is 125 Å². The number of carbonyl (C=O) groups is 8. The van der Waals surface area contributed by atoms with Gasteiger partial charge in [0.15, 0.2) is 23.1 Å². The van der Waals surface area contributed by atoms with E-state index in [0.29, 0.717) is 103 Å². The molecule has 1 unspecified atom stereocenters. The second kappa shape index (κ2) is 45.7. The Kier molecular flexibility index (Phi) is 37.8. The monoisotopic (exact) mass is 1260 g/mol. The maximum absolute atomic E-state index is 13.2. The number of unbranched alkanes of at least 4 members (excludes halogenated alkanes) is 8. The lowest BCUT2D eigenvalue weighted by atomic mass is 9.95. The molecule has 0 aromatic rings. The summed E-state index contributed by atoms with van der Waals surface area (Å²) in [6, 6.07) is 0. The number of ketones is 4. The second-order valence-corrected chi connectivity index (χ2v) is 25.7. The van der Waals surface area contributed by atoms with Gasteiger partial charge >= 0.3 is 23.9 Å². The lowest BCUT2D eigenvalue weighted by Crippen LogP contribution is -2.18. The highest BCUT2D eigenvalue weighted by molar-refractivity contribution is 6.08. The summed E-state index contributed by atoms with van der Waals surface area (Å²) in [5.41, 5.74) is 2.88. The fraction of sp³-hybridized carbons (Fsp3) is 0.600. The van der Waals surface area contributed by atoms with Crippen LogP contribution in [0.1, 0.15) is 259 Å². The summed E-state index contributed by atoms with van der Waals surface area (Å²) in [6.07, 6.45) is 63.0. The highest BCUT2D eigenvalue weighted by Crippen LogP contribution is 2.32. The summed E-state index contributed by atoms with van der Waals surface area (Å²) < 4.78 is 24.2. The maximum atomic E-state index is 13.2. The van der Waals surface area contributed by atoms with Crippen LogP contribution in [0.5, 0.6) is 0 Å². The Bertz CT molecular complexity index is 2360. The van der Waals surface area contributed by atoms with Gasteiger partial charge in [0.25, 0.3) is 0 Å². The van der Waals surface area contributed by atoms with Gasteiger partial charge in [-0.05, 0) is 153 Å². The molecule has 0 saturated heterocycles. The number of rotatable bonds is 16. The van der Waals surface area contributed by atoms with Gasteiger partial charge in [-0.25, -0.2) is 0 Å². The Morgan fingerprint density at radius 1 is 0.293 bits per heavy atom. The molecule has 5 aliphatic rings. The normalized spacial score (nSPS) is 29.5. The average Bonchev–Trinajstić information content (AvgIpc) is 2.04. The predicted molar refractivity (Wildman–Crippen MR) is 368 cm³/mol. The molecule has 1 aliphatic heterocycles. The Hall–Kier alpha value is -6.56. The van der Waals surface area contributed by atoms with E-state index in [-0.39, 0.29) is 121 Å². The zero-order valence-electron chi connectivity index (χ0n) is 56.5. The van der Waals surface area contributed by atoms with Gasteiger partial charge in [-0.3, -0.25) is 38.4 Å². The number of fused-ring (bicyclic) bond motifs is 4. The van der Waals surface area contributed by atoms with Gasteiger partial charge in [0.1, 0.15) is 24.4 Å². The number of cyclic esters (lactones) is 4. The molecule has 0 spiro atoms. The van der Waals surface area contributed by atoms with Crippen molar-refractivity contribution in [1.82, 2.24) is 0 Å². The largest absolute Gasteiger partial charge is 0.462 e. The average molecular weight is 1270 g/mol. The summed E-state index contributed by atoms with van der Waals surface area (Å²) in [4.78, 5) is 105. The first kappa shape index (κ1) is 76.2. The fourth-order valence-corrected chi connectivity index (χ4v) is 12.5. The Morgan fingerprint density at radius 3 is 0.717 bits per heavy atom. The first-order valence-corrected chi connectivity index (χ1v) is 35.9. The maximum Gasteiger partial charge on any atom is 0.306 e. The Labute approximate surface area is 552 Å². The van der Waals surface area contributed by atoms with Crippen molar-refractivity contribution >= 4 is 47.0 Å². The molecule has 12 heteroatoms. The minimum absolute atomic E-state index is 0.0185. The van der Waals surface area contributed by atoms with E-state index in [1.807, 2.05) is 48.6 Å². The zero-order chi connectivity index (χ0) is 66.0. The SMILES string of the molecule is CCCCC[C@H]1C/C=C2/C(=O)C=CC2C/C=C\CCCC(=O)O[C@@H](CCCCC)C/C=C2/C(=O)C=C[C@@H]2C/C=C\CCCC(=O)O[C@@H](CCCCC)C/C=C2/C(=O)C=C[C@@H]2C/C=C\CCCC(=O)O[C@@H](CCCCC)C/C=C2/C(=O)C=C[C@@H]2C/C=C\CCCC(=O)O1. The van der Waals surface area contributed by atoms with Gasteiger partial charge < -0.3 is 18.9 Å². The Morgan fingerprint density at radius 2 is 0.511 bits per heavy atom. The summed E-state index contributed by atoms with van der Waals surface area (Å²) in [5, 5.41) is 0. The van der Waals surface area contributed by atoms with Gasteiger partial charge in [0.05, 0.1) is 0 Å². The van der Waals surface area contributed by atoms with E-state index in [1.54, 1.807) is 24.3 Å². The summed E-state index contributed by atoms with van der Waals surface area (Å²) in [7, 11) is 0. The summed E-state index contributed by atoms with van der Waals surface area (Å²) in [6.45, 7) is 8.56. The molecule has 0 amide bonds.